The van der Waals surface area contributed by atoms with Crippen molar-refractivity contribution in [2.45, 2.75) is 19.2 Å². The molecule has 4 aromatic heterocycles. The quantitative estimate of drug-likeness (QED) is 0.508. The van der Waals surface area contributed by atoms with Gasteiger partial charge in [0.25, 0.3) is 5.88 Å². The summed E-state index contributed by atoms with van der Waals surface area (Å²) in [4.78, 5) is 4.30. The first kappa shape index (κ1) is 18.4. The molecule has 154 valence electrons. The maximum Gasteiger partial charge on any atom is 0.275 e. The van der Waals surface area contributed by atoms with Gasteiger partial charge in [0.1, 0.15) is 12.4 Å². The Labute approximate surface area is 170 Å². The van der Waals surface area contributed by atoms with Gasteiger partial charge in [0, 0.05) is 37.0 Å². The molecule has 0 saturated carbocycles. The number of methoxy groups -OCH3 is 1. The van der Waals surface area contributed by atoms with Crippen LogP contribution >= 0.6 is 0 Å². The van der Waals surface area contributed by atoms with Gasteiger partial charge in [0.05, 0.1) is 12.8 Å². The molecule has 5 heterocycles. The van der Waals surface area contributed by atoms with Crippen LogP contribution in [0.3, 0.4) is 0 Å². The number of nitrogens with zero attached hydrogens (tertiary/aromatic N) is 6. The molecule has 0 atom stereocenters. The van der Waals surface area contributed by atoms with Gasteiger partial charge < -0.3 is 19.3 Å². The molecule has 1 fully saturated rings. The summed E-state index contributed by atoms with van der Waals surface area (Å²) >= 11 is 0. The van der Waals surface area contributed by atoms with E-state index in [1.165, 1.54) is 17.8 Å². The zero-order chi connectivity index (χ0) is 20.7. The van der Waals surface area contributed by atoms with Gasteiger partial charge in [-0.05, 0) is 13.0 Å². The van der Waals surface area contributed by atoms with Crippen LogP contribution < -0.4 is 14.8 Å². The van der Waals surface area contributed by atoms with Gasteiger partial charge in [-0.3, -0.25) is 4.98 Å². The molecule has 10 nitrogen and oxygen atoms in total. The molecule has 1 aliphatic heterocycles. The Balaban J connectivity index is 1.40. The van der Waals surface area contributed by atoms with Gasteiger partial charge in [-0.15, -0.1) is 15.3 Å². The molecule has 0 bridgehead atoms. The molecule has 1 aliphatic rings. The average Bonchev–Trinajstić information content (AvgIpc) is 3.35. The first-order chi connectivity index (χ1) is 14.6. The van der Waals surface area contributed by atoms with E-state index in [4.69, 9.17) is 14.0 Å². The number of alkyl halides is 1. The van der Waals surface area contributed by atoms with Crippen LogP contribution in [0.2, 0.25) is 0 Å². The number of nitrogens with one attached hydrogen (secondary N) is 1. The lowest BCUT2D eigenvalue weighted by Gasteiger charge is -2.35. The fourth-order valence-electron chi connectivity index (χ4n) is 3.14. The summed E-state index contributed by atoms with van der Waals surface area (Å²) in [6.07, 6.45) is 1.54. The lowest BCUT2D eigenvalue weighted by Crippen LogP contribution is -2.53. The maximum atomic E-state index is 14.4. The second-order valence-corrected chi connectivity index (χ2v) is 7.03. The van der Waals surface area contributed by atoms with Gasteiger partial charge in [-0.25, -0.2) is 4.39 Å². The van der Waals surface area contributed by atoms with Crippen LogP contribution in [0.25, 0.3) is 17.2 Å². The molecule has 0 aliphatic carbocycles. The summed E-state index contributed by atoms with van der Waals surface area (Å²) in [7, 11) is 1.51. The van der Waals surface area contributed by atoms with Crippen molar-refractivity contribution >= 4 is 5.65 Å². The number of halogens is 1. The Kier molecular flexibility index (Phi) is 4.31. The summed E-state index contributed by atoms with van der Waals surface area (Å²) in [5.41, 5.74) is 0.826. The van der Waals surface area contributed by atoms with Gasteiger partial charge >= 0.3 is 0 Å². The number of hydrogen-bond acceptors (Lipinski definition) is 9. The van der Waals surface area contributed by atoms with E-state index in [0.717, 1.165) is 0 Å². The van der Waals surface area contributed by atoms with Crippen molar-refractivity contribution in [3.63, 3.8) is 0 Å². The lowest BCUT2D eigenvalue weighted by atomic mass is 9.91. The number of aryl methyl sites for hydroxylation is 1. The monoisotopic (exact) mass is 411 g/mol. The molecule has 4 aromatic rings. The minimum atomic E-state index is -1.34. The number of hydrogen-bond donors (Lipinski definition) is 1. The third-order valence-electron chi connectivity index (χ3n) is 4.91. The summed E-state index contributed by atoms with van der Waals surface area (Å²) in [5, 5.41) is 19.6. The molecule has 11 heteroatoms. The topological polar surface area (TPSA) is 112 Å². The number of aromatic nitrogens is 6. The highest BCUT2D eigenvalue weighted by Gasteiger charge is 2.39. The highest BCUT2D eigenvalue weighted by atomic mass is 19.1. The van der Waals surface area contributed by atoms with Gasteiger partial charge in [-0.2, -0.15) is 4.52 Å². The summed E-state index contributed by atoms with van der Waals surface area (Å²) in [6.45, 7) is 2.53. The van der Waals surface area contributed by atoms with Gasteiger partial charge in [0.15, 0.2) is 22.8 Å². The summed E-state index contributed by atoms with van der Waals surface area (Å²) < 4.78 is 32.2. The second kappa shape index (κ2) is 7.02. The molecular weight excluding hydrogens is 393 g/mol. The molecule has 0 spiro atoms. The molecule has 1 saturated heterocycles. The minimum absolute atomic E-state index is 0.132. The van der Waals surface area contributed by atoms with E-state index < -0.39 is 5.67 Å². The fourth-order valence-corrected chi connectivity index (χ4v) is 3.14. The molecule has 0 amide bonds. The largest absolute Gasteiger partial charge is 0.491 e. The molecular formula is C19H18FN7O3. The van der Waals surface area contributed by atoms with Crippen molar-refractivity contribution in [2.24, 2.45) is 0 Å². The van der Waals surface area contributed by atoms with Crippen molar-refractivity contribution in [1.29, 1.82) is 0 Å². The standard InChI is InChI=1S/C19H18FN7O3/c1-11-5-14(26-30-11)17-24-23-16-6-15(28-2)18(25-27(16)17)29-8-13-4-3-12(7-22-13)19(20)9-21-10-19/h3-7,21H,8-10H2,1-2H3. The number of pyridine rings is 1. The second-order valence-electron chi connectivity index (χ2n) is 7.03. The first-order valence-corrected chi connectivity index (χ1v) is 9.28. The van der Waals surface area contributed by atoms with E-state index >= 15 is 0 Å². The molecule has 0 unspecified atom stereocenters. The first-order valence-electron chi connectivity index (χ1n) is 9.28. The van der Waals surface area contributed by atoms with Crippen LogP contribution in [-0.4, -0.2) is 50.2 Å². The fraction of sp³-hybridized carbons (Fsp3) is 0.316. The normalized spacial score (nSPS) is 15.2. The SMILES string of the molecule is COc1cc2nnc(-c3cc(C)on3)n2nc1OCc1ccc(C2(F)CNC2)cn1. The van der Waals surface area contributed by atoms with Crippen molar-refractivity contribution in [2.75, 3.05) is 20.2 Å². The number of ether oxygens (including phenoxy) is 2. The van der Waals surface area contributed by atoms with Crippen LogP contribution in [0.4, 0.5) is 4.39 Å². The Morgan fingerprint density at radius 1 is 1.27 bits per heavy atom. The van der Waals surface area contributed by atoms with E-state index in [1.54, 1.807) is 31.2 Å². The molecule has 1 N–H and O–H groups in total. The minimum Gasteiger partial charge on any atom is -0.491 e. The van der Waals surface area contributed by atoms with Crippen molar-refractivity contribution < 1.29 is 18.4 Å². The lowest BCUT2D eigenvalue weighted by molar-refractivity contribution is 0.0886. The highest BCUT2D eigenvalue weighted by molar-refractivity contribution is 5.56. The third kappa shape index (κ3) is 3.12. The van der Waals surface area contributed by atoms with E-state index in [0.29, 0.717) is 53.0 Å². The van der Waals surface area contributed by atoms with Gasteiger partial charge in [-0.1, -0.05) is 11.2 Å². The maximum absolute atomic E-state index is 14.4. The molecule has 0 aromatic carbocycles. The number of fused-ring (bicyclic) bond motifs is 1. The van der Waals surface area contributed by atoms with Crippen LogP contribution in [0.1, 0.15) is 17.0 Å². The van der Waals surface area contributed by atoms with Gasteiger partial charge in [0.2, 0.25) is 5.82 Å². The van der Waals surface area contributed by atoms with Crippen molar-refractivity contribution in [3.05, 3.63) is 47.5 Å². The molecule has 30 heavy (non-hydrogen) atoms. The van der Waals surface area contributed by atoms with Crippen LogP contribution in [0.5, 0.6) is 11.6 Å². The highest BCUT2D eigenvalue weighted by Crippen LogP contribution is 2.30. The van der Waals surface area contributed by atoms with E-state index in [-0.39, 0.29) is 12.5 Å². The van der Waals surface area contributed by atoms with Crippen LogP contribution in [0, 0.1) is 6.92 Å². The predicted molar refractivity (Wildman–Crippen MR) is 102 cm³/mol. The third-order valence-corrected chi connectivity index (χ3v) is 4.91. The zero-order valence-electron chi connectivity index (χ0n) is 16.3. The smallest absolute Gasteiger partial charge is 0.275 e. The zero-order valence-corrected chi connectivity index (χ0v) is 16.3. The van der Waals surface area contributed by atoms with E-state index in [1.807, 2.05) is 0 Å². The van der Waals surface area contributed by atoms with Crippen molar-refractivity contribution in [1.82, 2.24) is 35.3 Å². The van der Waals surface area contributed by atoms with Crippen LogP contribution in [0.15, 0.2) is 35.0 Å². The van der Waals surface area contributed by atoms with Crippen LogP contribution in [-0.2, 0) is 12.3 Å². The van der Waals surface area contributed by atoms with E-state index in [9.17, 15) is 4.39 Å². The Bertz CT molecular complexity index is 1200. The summed E-state index contributed by atoms with van der Waals surface area (Å²) in [6, 6.07) is 6.87. The number of rotatable bonds is 6. The predicted octanol–water partition coefficient (Wildman–Crippen LogP) is 1.84. The molecule has 0 radical (unpaired) electrons. The summed E-state index contributed by atoms with van der Waals surface area (Å²) in [5.74, 6) is 1.70. The van der Waals surface area contributed by atoms with Crippen molar-refractivity contribution in [3.8, 4) is 23.1 Å². The Morgan fingerprint density at radius 3 is 2.77 bits per heavy atom. The Hall–Kier alpha value is -3.60. The Morgan fingerprint density at radius 2 is 2.13 bits per heavy atom. The average molecular weight is 411 g/mol. The molecule has 5 rings (SSSR count). The van der Waals surface area contributed by atoms with E-state index in [2.05, 4.69) is 30.8 Å².